The highest BCUT2D eigenvalue weighted by Crippen LogP contribution is 2.16. The van der Waals surface area contributed by atoms with E-state index in [9.17, 15) is 18.0 Å². The third-order valence-electron chi connectivity index (χ3n) is 4.89. The molecule has 3 aromatic rings. The molecular formula is C25H27N3O4S. The molecule has 0 radical (unpaired) electrons. The van der Waals surface area contributed by atoms with Gasteiger partial charge >= 0.3 is 0 Å². The zero-order chi connectivity index (χ0) is 23.7. The van der Waals surface area contributed by atoms with E-state index in [0.717, 1.165) is 11.1 Å². The zero-order valence-corrected chi connectivity index (χ0v) is 19.2. The number of anilines is 2. The molecule has 33 heavy (non-hydrogen) atoms. The molecule has 0 aliphatic heterocycles. The Hall–Kier alpha value is -3.49. The number of rotatable bonds is 10. The molecule has 0 aromatic heterocycles. The number of carbonyl (C=O) groups is 2. The molecule has 0 heterocycles. The summed E-state index contributed by atoms with van der Waals surface area (Å²) in [5, 5.41) is 5.47. The van der Waals surface area contributed by atoms with Gasteiger partial charge in [0.05, 0.1) is 4.90 Å². The number of aryl methyl sites for hydroxylation is 1. The van der Waals surface area contributed by atoms with Crippen LogP contribution in [0.5, 0.6) is 0 Å². The van der Waals surface area contributed by atoms with Crippen LogP contribution < -0.4 is 15.4 Å². The maximum absolute atomic E-state index is 12.5. The molecule has 3 aromatic carbocycles. The average molecular weight is 466 g/mol. The summed E-state index contributed by atoms with van der Waals surface area (Å²) in [6.07, 6.45) is 1.33. The highest BCUT2D eigenvalue weighted by atomic mass is 32.2. The number of hydrogen-bond acceptors (Lipinski definition) is 4. The van der Waals surface area contributed by atoms with Crippen molar-refractivity contribution in [3.63, 3.8) is 0 Å². The highest BCUT2D eigenvalue weighted by Gasteiger charge is 2.13. The van der Waals surface area contributed by atoms with E-state index < -0.39 is 10.0 Å². The quantitative estimate of drug-likeness (QED) is 0.424. The van der Waals surface area contributed by atoms with Gasteiger partial charge in [-0.3, -0.25) is 9.59 Å². The summed E-state index contributed by atoms with van der Waals surface area (Å²) in [5.41, 5.74) is 3.12. The van der Waals surface area contributed by atoms with Crippen molar-refractivity contribution >= 4 is 33.2 Å². The Morgan fingerprint density at radius 2 is 1.39 bits per heavy atom. The summed E-state index contributed by atoms with van der Waals surface area (Å²) in [7, 11) is -3.59. The molecule has 0 bridgehead atoms. The van der Waals surface area contributed by atoms with Crippen molar-refractivity contribution in [2.24, 2.45) is 0 Å². The second kappa shape index (κ2) is 11.4. The smallest absolute Gasteiger partial charge is 0.240 e. The lowest BCUT2D eigenvalue weighted by Crippen LogP contribution is -2.26. The van der Waals surface area contributed by atoms with Crippen molar-refractivity contribution < 1.29 is 18.0 Å². The van der Waals surface area contributed by atoms with Crippen molar-refractivity contribution in [1.29, 1.82) is 0 Å². The van der Waals surface area contributed by atoms with Gasteiger partial charge in [0, 0.05) is 31.3 Å². The fraction of sp³-hybridized carbons (Fsp3) is 0.200. The lowest BCUT2D eigenvalue weighted by atomic mass is 10.1. The van der Waals surface area contributed by atoms with Gasteiger partial charge in [-0.1, -0.05) is 48.5 Å². The van der Waals surface area contributed by atoms with Gasteiger partial charge in [0.15, 0.2) is 0 Å². The van der Waals surface area contributed by atoms with Gasteiger partial charge in [0.25, 0.3) is 0 Å². The summed E-state index contributed by atoms with van der Waals surface area (Å²) in [6, 6.07) is 23.1. The second-order valence-corrected chi connectivity index (χ2v) is 9.35. The van der Waals surface area contributed by atoms with E-state index in [4.69, 9.17) is 0 Å². The topological polar surface area (TPSA) is 104 Å². The molecule has 2 amide bonds. The van der Waals surface area contributed by atoms with E-state index in [0.29, 0.717) is 30.8 Å². The van der Waals surface area contributed by atoms with E-state index in [2.05, 4.69) is 15.4 Å². The van der Waals surface area contributed by atoms with Crippen molar-refractivity contribution in [3.8, 4) is 0 Å². The number of benzene rings is 3. The second-order valence-electron chi connectivity index (χ2n) is 7.59. The van der Waals surface area contributed by atoms with Gasteiger partial charge in [-0.15, -0.1) is 0 Å². The highest BCUT2D eigenvalue weighted by molar-refractivity contribution is 7.89. The van der Waals surface area contributed by atoms with Crippen LogP contribution in [-0.2, 0) is 32.5 Å². The number of amides is 2. The molecule has 0 atom stereocenters. The van der Waals surface area contributed by atoms with Crippen LogP contribution in [0.3, 0.4) is 0 Å². The fourth-order valence-corrected chi connectivity index (χ4v) is 4.28. The van der Waals surface area contributed by atoms with E-state index in [1.54, 1.807) is 48.5 Å². The van der Waals surface area contributed by atoms with Gasteiger partial charge < -0.3 is 10.6 Å². The van der Waals surface area contributed by atoms with Crippen LogP contribution in [0, 0.1) is 0 Å². The molecule has 0 unspecified atom stereocenters. The number of hydrogen-bond donors (Lipinski definition) is 3. The first-order valence-corrected chi connectivity index (χ1v) is 12.1. The molecule has 0 saturated heterocycles. The molecule has 172 valence electrons. The molecule has 0 fully saturated rings. The van der Waals surface area contributed by atoms with Crippen LogP contribution in [0.4, 0.5) is 11.4 Å². The standard InChI is InChI=1S/C25H27N3O4S/c1-19(29)27-22-8-5-9-23(18-22)28-25(30)15-12-21-10-13-24(14-11-21)33(31,32)26-17-16-20-6-3-2-4-7-20/h2-11,13-14,18,26H,12,15-17H2,1H3,(H,27,29)(H,28,30). The van der Waals surface area contributed by atoms with Crippen molar-refractivity contribution in [1.82, 2.24) is 4.72 Å². The van der Waals surface area contributed by atoms with Gasteiger partial charge in [0.1, 0.15) is 0 Å². The van der Waals surface area contributed by atoms with Crippen LogP contribution in [0.25, 0.3) is 0 Å². The molecule has 8 heteroatoms. The van der Waals surface area contributed by atoms with Crippen LogP contribution in [0.2, 0.25) is 0 Å². The van der Waals surface area contributed by atoms with Gasteiger partial charge in [-0.05, 0) is 54.3 Å². The molecule has 0 spiro atoms. The minimum atomic E-state index is -3.59. The van der Waals surface area contributed by atoms with Crippen LogP contribution in [-0.4, -0.2) is 26.8 Å². The predicted octanol–water partition coefficient (Wildman–Crippen LogP) is 3.74. The molecule has 0 aliphatic rings. The number of nitrogens with one attached hydrogen (secondary N) is 3. The van der Waals surface area contributed by atoms with Crippen molar-refractivity contribution in [2.45, 2.75) is 31.1 Å². The van der Waals surface area contributed by atoms with E-state index in [-0.39, 0.29) is 23.1 Å². The molecule has 3 N–H and O–H groups in total. The Kier molecular flexibility index (Phi) is 8.34. The predicted molar refractivity (Wildman–Crippen MR) is 129 cm³/mol. The molecular weight excluding hydrogens is 438 g/mol. The van der Waals surface area contributed by atoms with E-state index >= 15 is 0 Å². The summed E-state index contributed by atoms with van der Waals surface area (Å²) < 4.78 is 27.6. The molecule has 0 aliphatic carbocycles. The summed E-state index contributed by atoms with van der Waals surface area (Å²) in [4.78, 5) is 23.6. The monoisotopic (exact) mass is 465 g/mol. The Labute approximate surface area is 194 Å². The fourth-order valence-electron chi connectivity index (χ4n) is 3.25. The Balaban J connectivity index is 1.48. The first-order valence-electron chi connectivity index (χ1n) is 10.6. The van der Waals surface area contributed by atoms with Gasteiger partial charge in [-0.25, -0.2) is 13.1 Å². The molecule has 0 saturated carbocycles. The van der Waals surface area contributed by atoms with Crippen LogP contribution >= 0.6 is 0 Å². The first-order chi connectivity index (χ1) is 15.8. The van der Waals surface area contributed by atoms with Crippen LogP contribution in [0.15, 0.2) is 83.8 Å². The SMILES string of the molecule is CC(=O)Nc1cccc(NC(=O)CCc2ccc(S(=O)(=O)NCCc3ccccc3)cc2)c1. The Bertz CT molecular complexity index is 1190. The summed E-state index contributed by atoms with van der Waals surface area (Å²) >= 11 is 0. The lowest BCUT2D eigenvalue weighted by molar-refractivity contribution is -0.116. The van der Waals surface area contributed by atoms with Crippen LogP contribution in [0.1, 0.15) is 24.5 Å². The van der Waals surface area contributed by atoms with Gasteiger partial charge in [-0.2, -0.15) is 0 Å². The van der Waals surface area contributed by atoms with Crippen molar-refractivity contribution in [3.05, 3.63) is 90.0 Å². The zero-order valence-electron chi connectivity index (χ0n) is 18.4. The maximum Gasteiger partial charge on any atom is 0.240 e. The van der Waals surface area contributed by atoms with Gasteiger partial charge in [0.2, 0.25) is 21.8 Å². The maximum atomic E-state index is 12.5. The summed E-state index contributed by atoms with van der Waals surface area (Å²) in [6.45, 7) is 1.74. The normalized spacial score (nSPS) is 11.1. The minimum absolute atomic E-state index is 0.172. The largest absolute Gasteiger partial charge is 0.326 e. The van der Waals surface area contributed by atoms with E-state index in [1.807, 2.05) is 30.3 Å². The lowest BCUT2D eigenvalue weighted by Gasteiger charge is -2.09. The average Bonchev–Trinajstić information content (AvgIpc) is 2.78. The first kappa shape index (κ1) is 24.2. The Morgan fingerprint density at radius 3 is 2.06 bits per heavy atom. The Morgan fingerprint density at radius 1 is 0.758 bits per heavy atom. The third kappa shape index (κ3) is 7.85. The summed E-state index contributed by atoms with van der Waals surface area (Å²) in [5.74, 6) is -0.357. The molecule has 7 nitrogen and oxygen atoms in total. The van der Waals surface area contributed by atoms with E-state index in [1.165, 1.54) is 6.92 Å². The molecule has 3 rings (SSSR count). The number of carbonyl (C=O) groups excluding carboxylic acids is 2. The van der Waals surface area contributed by atoms with Crippen molar-refractivity contribution in [2.75, 3.05) is 17.2 Å². The minimum Gasteiger partial charge on any atom is -0.326 e. The third-order valence-corrected chi connectivity index (χ3v) is 6.37. The number of sulfonamides is 1.